The molecule has 2 saturated heterocycles. The van der Waals surface area contributed by atoms with Gasteiger partial charge in [-0.25, -0.2) is 0 Å². The molecule has 1 aromatic heterocycles. The first-order chi connectivity index (χ1) is 12.2. The molecule has 3 heterocycles. The molecule has 5 nitrogen and oxygen atoms in total. The first-order valence-corrected chi connectivity index (χ1v) is 9.37. The number of allylic oxidation sites excluding steroid dienone is 1. The Bertz CT molecular complexity index is 636. The van der Waals surface area contributed by atoms with Crippen molar-refractivity contribution >= 4 is 5.91 Å². The Kier molecular flexibility index (Phi) is 4.75. The van der Waals surface area contributed by atoms with Crippen molar-refractivity contribution in [1.82, 2.24) is 9.88 Å². The van der Waals surface area contributed by atoms with Gasteiger partial charge in [-0.2, -0.15) is 0 Å². The van der Waals surface area contributed by atoms with E-state index in [1.165, 1.54) is 0 Å². The van der Waals surface area contributed by atoms with Crippen molar-refractivity contribution in [2.75, 3.05) is 26.3 Å². The molecule has 0 N–H and O–H groups in total. The van der Waals surface area contributed by atoms with Gasteiger partial charge >= 0.3 is 0 Å². The lowest BCUT2D eigenvalue weighted by atomic mass is 9.76. The smallest absolute Gasteiger partial charge is 0.249 e. The molecule has 134 valence electrons. The second-order valence-electron chi connectivity index (χ2n) is 7.55. The molecular formula is C20H26N2O3. The number of ether oxygens (including phenoxy) is 2. The fourth-order valence-electron chi connectivity index (χ4n) is 4.22. The summed E-state index contributed by atoms with van der Waals surface area (Å²) in [5.41, 5.74) is 1.26. The van der Waals surface area contributed by atoms with Crippen molar-refractivity contribution in [3.8, 4) is 5.75 Å². The van der Waals surface area contributed by atoms with E-state index < -0.39 is 0 Å². The number of likely N-dealkylation sites (tertiary alicyclic amines) is 1. The molecule has 0 aromatic carbocycles. The zero-order valence-corrected chi connectivity index (χ0v) is 14.7. The van der Waals surface area contributed by atoms with Gasteiger partial charge in [0.05, 0.1) is 18.9 Å². The fourth-order valence-corrected chi connectivity index (χ4v) is 4.22. The third kappa shape index (κ3) is 3.71. The highest BCUT2D eigenvalue weighted by molar-refractivity contribution is 5.93. The number of rotatable bonds is 4. The van der Waals surface area contributed by atoms with Crippen LogP contribution in [-0.4, -0.2) is 48.2 Å². The van der Waals surface area contributed by atoms with E-state index in [-0.39, 0.29) is 17.4 Å². The Hall–Kier alpha value is -1.88. The lowest BCUT2D eigenvalue weighted by Crippen LogP contribution is -2.44. The normalized spacial score (nSPS) is 25.2. The van der Waals surface area contributed by atoms with E-state index >= 15 is 0 Å². The summed E-state index contributed by atoms with van der Waals surface area (Å²) in [6.45, 7) is 3.08. The number of amides is 1. The van der Waals surface area contributed by atoms with E-state index in [2.05, 4.69) is 11.1 Å². The summed E-state index contributed by atoms with van der Waals surface area (Å²) in [7, 11) is 0. The maximum atomic E-state index is 12.5. The molecule has 1 amide bonds. The van der Waals surface area contributed by atoms with Crippen LogP contribution in [0, 0.1) is 5.41 Å². The monoisotopic (exact) mass is 342 g/mol. The van der Waals surface area contributed by atoms with E-state index in [1.807, 2.05) is 17.0 Å². The van der Waals surface area contributed by atoms with Gasteiger partial charge in [0.15, 0.2) is 0 Å². The van der Waals surface area contributed by atoms with Gasteiger partial charge < -0.3 is 14.4 Å². The molecule has 3 aliphatic rings. The first-order valence-electron chi connectivity index (χ1n) is 9.37. The number of hydrogen-bond donors (Lipinski definition) is 0. The molecule has 1 atom stereocenters. The van der Waals surface area contributed by atoms with Crippen molar-refractivity contribution in [3.63, 3.8) is 0 Å². The SMILES string of the molecule is O=C(C1=CCCC1)N1CCC2(CC1)CO[C@@H](COc1cccnc1)C2. The van der Waals surface area contributed by atoms with Crippen molar-refractivity contribution in [1.29, 1.82) is 0 Å². The van der Waals surface area contributed by atoms with Crippen LogP contribution < -0.4 is 4.74 Å². The van der Waals surface area contributed by atoms with E-state index in [0.29, 0.717) is 6.61 Å². The zero-order valence-electron chi connectivity index (χ0n) is 14.7. The lowest BCUT2D eigenvalue weighted by Gasteiger charge is -2.38. The van der Waals surface area contributed by atoms with Crippen LogP contribution in [0.1, 0.15) is 38.5 Å². The zero-order chi connectivity index (χ0) is 17.1. The molecular weight excluding hydrogens is 316 g/mol. The maximum absolute atomic E-state index is 12.5. The number of hydrogen-bond acceptors (Lipinski definition) is 4. The van der Waals surface area contributed by atoms with Crippen LogP contribution in [0.5, 0.6) is 5.75 Å². The Morgan fingerprint density at radius 3 is 3.00 bits per heavy atom. The quantitative estimate of drug-likeness (QED) is 0.844. The van der Waals surface area contributed by atoms with Gasteiger partial charge in [-0.15, -0.1) is 0 Å². The molecule has 0 bridgehead atoms. The van der Waals surface area contributed by atoms with Crippen LogP contribution in [-0.2, 0) is 9.53 Å². The van der Waals surface area contributed by atoms with Crippen LogP contribution in [0.3, 0.4) is 0 Å². The Labute approximate surface area is 149 Å². The standard InChI is InChI=1S/C20H26N2O3/c23-19(16-4-1-2-5-16)22-10-7-20(8-11-22)12-18(25-15-20)14-24-17-6-3-9-21-13-17/h3-4,6,9,13,18H,1-2,5,7-8,10-12,14-15H2/t18-/m1/s1. The predicted octanol–water partition coefficient (Wildman–Crippen LogP) is 2.97. The van der Waals surface area contributed by atoms with E-state index in [9.17, 15) is 4.79 Å². The molecule has 0 radical (unpaired) electrons. The highest BCUT2D eigenvalue weighted by Gasteiger charge is 2.43. The minimum absolute atomic E-state index is 0.139. The third-order valence-electron chi connectivity index (χ3n) is 5.78. The second-order valence-corrected chi connectivity index (χ2v) is 7.55. The largest absolute Gasteiger partial charge is 0.489 e. The summed E-state index contributed by atoms with van der Waals surface area (Å²) in [6, 6.07) is 3.79. The summed E-state index contributed by atoms with van der Waals surface area (Å²) in [5.74, 6) is 1.06. The van der Waals surface area contributed by atoms with Gasteiger partial charge in [0.1, 0.15) is 12.4 Å². The number of aromatic nitrogens is 1. The minimum atomic E-state index is 0.139. The van der Waals surface area contributed by atoms with Gasteiger partial charge in [0.2, 0.25) is 5.91 Å². The third-order valence-corrected chi connectivity index (χ3v) is 5.78. The van der Waals surface area contributed by atoms with Crippen molar-refractivity contribution in [2.24, 2.45) is 5.41 Å². The van der Waals surface area contributed by atoms with Gasteiger partial charge in [0, 0.05) is 24.9 Å². The van der Waals surface area contributed by atoms with Crippen molar-refractivity contribution < 1.29 is 14.3 Å². The number of pyridine rings is 1. The average Bonchev–Trinajstić information content (AvgIpc) is 3.32. The van der Waals surface area contributed by atoms with Crippen LogP contribution in [0.2, 0.25) is 0 Å². The first kappa shape index (κ1) is 16.6. The Morgan fingerprint density at radius 1 is 1.40 bits per heavy atom. The van der Waals surface area contributed by atoms with Crippen LogP contribution in [0.15, 0.2) is 36.2 Å². The van der Waals surface area contributed by atoms with Crippen LogP contribution >= 0.6 is 0 Å². The minimum Gasteiger partial charge on any atom is -0.489 e. The van der Waals surface area contributed by atoms with Crippen LogP contribution in [0.4, 0.5) is 0 Å². The topological polar surface area (TPSA) is 51.7 Å². The molecule has 4 rings (SSSR count). The summed E-state index contributed by atoms with van der Waals surface area (Å²) in [4.78, 5) is 18.6. The fraction of sp³-hybridized carbons (Fsp3) is 0.600. The van der Waals surface area contributed by atoms with E-state index in [4.69, 9.17) is 9.47 Å². The summed E-state index contributed by atoms with van der Waals surface area (Å²) < 4.78 is 11.8. The van der Waals surface area contributed by atoms with Gasteiger partial charge in [-0.3, -0.25) is 9.78 Å². The Morgan fingerprint density at radius 2 is 2.28 bits per heavy atom. The number of piperidine rings is 1. The number of carbonyl (C=O) groups excluding carboxylic acids is 1. The Balaban J connectivity index is 1.26. The molecule has 0 saturated carbocycles. The van der Waals surface area contributed by atoms with Crippen molar-refractivity contribution in [3.05, 3.63) is 36.2 Å². The second kappa shape index (κ2) is 7.16. The van der Waals surface area contributed by atoms with Crippen LogP contribution in [0.25, 0.3) is 0 Å². The molecule has 25 heavy (non-hydrogen) atoms. The molecule has 1 aromatic rings. The summed E-state index contributed by atoms with van der Waals surface area (Å²) in [5, 5.41) is 0. The molecule has 1 spiro atoms. The molecule has 2 fully saturated rings. The molecule has 1 aliphatic carbocycles. The average molecular weight is 342 g/mol. The molecule has 5 heteroatoms. The lowest BCUT2D eigenvalue weighted by molar-refractivity contribution is -0.129. The van der Waals surface area contributed by atoms with E-state index in [1.54, 1.807) is 12.4 Å². The molecule has 0 unspecified atom stereocenters. The predicted molar refractivity (Wildman–Crippen MR) is 94.3 cm³/mol. The summed E-state index contributed by atoms with van der Waals surface area (Å²) in [6.07, 6.45) is 12.0. The van der Waals surface area contributed by atoms with Gasteiger partial charge in [-0.1, -0.05) is 6.08 Å². The number of nitrogens with zero attached hydrogens (tertiary/aromatic N) is 2. The van der Waals surface area contributed by atoms with Gasteiger partial charge in [-0.05, 0) is 56.1 Å². The molecule has 2 aliphatic heterocycles. The van der Waals surface area contributed by atoms with Gasteiger partial charge in [0.25, 0.3) is 0 Å². The van der Waals surface area contributed by atoms with E-state index in [0.717, 1.165) is 69.5 Å². The number of carbonyl (C=O) groups is 1. The maximum Gasteiger partial charge on any atom is 0.249 e. The van der Waals surface area contributed by atoms with Crippen molar-refractivity contribution in [2.45, 2.75) is 44.6 Å². The summed E-state index contributed by atoms with van der Waals surface area (Å²) >= 11 is 0. The highest BCUT2D eigenvalue weighted by Crippen LogP contribution is 2.42. The highest BCUT2D eigenvalue weighted by atomic mass is 16.5.